The fraction of sp³-hybridized carbons (Fsp3) is 0.263. The predicted octanol–water partition coefficient (Wildman–Crippen LogP) is 3.38. The van der Waals surface area contributed by atoms with Gasteiger partial charge in [-0.15, -0.1) is 0 Å². The summed E-state index contributed by atoms with van der Waals surface area (Å²) >= 11 is 0. The van der Waals surface area contributed by atoms with Crippen molar-refractivity contribution in [1.82, 2.24) is 5.32 Å². The number of benzene rings is 2. The molecule has 0 saturated carbocycles. The van der Waals surface area contributed by atoms with Crippen LogP contribution in [0, 0.1) is 5.82 Å². The van der Waals surface area contributed by atoms with Gasteiger partial charge in [0, 0.05) is 13.0 Å². The van der Waals surface area contributed by atoms with Crippen molar-refractivity contribution in [3.63, 3.8) is 0 Å². The molecular weight excluding hydrogens is 309 g/mol. The number of carbonyl (C=O) groups excluding carboxylic acids is 1. The van der Waals surface area contributed by atoms with Crippen LogP contribution in [0.4, 0.5) is 4.39 Å². The molecule has 0 radical (unpaired) electrons. The molecule has 0 aliphatic carbocycles. The van der Waals surface area contributed by atoms with E-state index in [1.165, 1.54) is 18.2 Å². The molecule has 0 fully saturated rings. The van der Waals surface area contributed by atoms with Crippen molar-refractivity contribution >= 4 is 11.9 Å². The molecule has 1 atom stereocenters. The van der Waals surface area contributed by atoms with Crippen LogP contribution in [0.1, 0.15) is 40.7 Å². The van der Waals surface area contributed by atoms with Crippen LogP contribution in [0.25, 0.3) is 0 Å². The third-order valence-electron chi connectivity index (χ3n) is 3.84. The molecule has 4 nitrogen and oxygen atoms in total. The number of hydrogen-bond donors (Lipinski definition) is 2. The lowest BCUT2D eigenvalue weighted by molar-refractivity contribution is -0.121. The zero-order chi connectivity index (χ0) is 17.5. The number of hydrogen-bond acceptors (Lipinski definition) is 2. The second-order valence-corrected chi connectivity index (χ2v) is 5.76. The van der Waals surface area contributed by atoms with Crippen LogP contribution in [0.5, 0.6) is 0 Å². The molecule has 126 valence electrons. The van der Waals surface area contributed by atoms with E-state index in [9.17, 15) is 14.0 Å². The number of amides is 1. The highest BCUT2D eigenvalue weighted by Gasteiger charge is 2.11. The van der Waals surface area contributed by atoms with Gasteiger partial charge in [-0.1, -0.05) is 31.2 Å². The van der Waals surface area contributed by atoms with Gasteiger partial charge in [0.1, 0.15) is 5.82 Å². The minimum Gasteiger partial charge on any atom is -0.478 e. The topological polar surface area (TPSA) is 66.4 Å². The molecule has 2 aromatic rings. The molecule has 2 N–H and O–H groups in total. The lowest BCUT2D eigenvalue weighted by Crippen LogP contribution is -2.26. The van der Waals surface area contributed by atoms with Crippen LogP contribution in [0.2, 0.25) is 0 Å². The second kappa shape index (κ2) is 8.24. The van der Waals surface area contributed by atoms with E-state index < -0.39 is 5.97 Å². The van der Waals surface area contributed by atoms with Gasteiger partial charge in [-0.2, -0.15) is 0 Å². The number of halogens is 1. The number of nitrogens with one attached hydrogen (secondary N) is 1. The van der Waals surface area contributed by atoms with Crippen LogP contribution in [-0.4, -0.2) is 23.5 Å². The number of carbonyl (C=O) groups is 2. The van der Waals surface area contributed by atoms with Crippen LogP contribution >= 0.6 is 0 Å². The van der Waals surface area contributed by atoms with Crippen LogP contribution in [0.3, 0.4) is 0 Å². The minimum absolute atomic E-state index is 0.000869. The Morgan fingerprint density at radius 1 is 1.17 bits per heavy atom. The third-order valence-corrected chi connectivity index (χ3v) is 3.84. The highest BCUT2D eigenvalue weighted by atomic mass is 19.1. The first kappa shape index (κ1) is 17.7. The monoisotopic (exact) mass is 329 g/mol. The molecule has 2 rings (SSSR count). The average Bonchev–Trinajstić information content (AvgIpc) is 2.55. The fourth-order valence-corrected chi connectivity index (χ4v) is 2.47. The molecule has 0 bridgehead atoms. The smallest absolute Gasteiger partial charge is 0.335 e. The van der Waals surface area contributed by atoms with Gasteiger partial charge in [-0.05, 0) is 47.7 Å². The molecule has 0 aromatic heterocycles. The highest BCUT2D eigenvalue weighted by molar-refractivity contribution is 5.87. The average molecular weight is 329 g/mol. The predicted molar refractivity (Wildman–Crippen MR) is 89.5 cm³/mol. The Morgan fingerprint density at radius 3 is 2.54 bits per heavy atom. The van der Waals surface area contributed by atoms with E-state index in [0.717, 1.165) is 11.1 Å². The van der Waals surface area contributed by atoms with Crippen molar-refractivity contribution in [2.75, 3.05) is 6.54 Å². The van der Waals surface area contributed by atoms with E-state index >= 15 is 0 Å². The van der Waals surface area contributed by atoms with Crippen molar-refractivity contribution in [1.29, 1.82) is 0 Å². The molecule has 0 aliphatic rings. The summed E-state index contributed by atoms with van der Waals surface area (Å²) in [6.07, 6.45) is 0.887. The van der Waals surface area contributed by atoms with Gasteiger partial charge in [0.2, 0.25) is 5.91 Å². The SMILES string of the molecule is CC(CC(=O)NCCc1cccc(C(=O)O)c1)c1ccc(F)cc1. The number of rotatable bonds is 7. The summed E-state index contributed by atoms with van der Waals surface area (Å²) in [7, 11) is 0. The normalized spacial score (nSPS) is 11.8. The van der Waals surface area contributed by atoms with Gasteiger partial charge in [0.15, 0.2) is 0 Å². The molecule has 1 unspecified atom stereocenters. The van der Waals surface area contributed by atoms with Gasteiger partial charge in [0.25, 0.3) is 0 Å². The van der Waals surface area contributed by atoms with Gasteiger partial charge in [0.05, 0.1) is 5.56 Å². The van der Waals surface area contributed by atoms with Crippen molar-refractivity contribution < 1.29 is 19.1 Å². The molecule has 2 aromatic carbocycles. The number of aromatic carboxylic acids is 1. The number of carboxylic acids is 1. The summed E-state index contributed by atoms with van der Waals surface area (Å²) < 4.78 is 12.9. The molecule has 5 heteroatoms. The molecule has 0 heterocycles. The molecule has 0 spiro atoms. The molecule has 24 heavy (non-hydrogen) atoms. The Balaban J connectivity index is 1.80. The van der Waals surface area contributed by atoms with Gasteiger partial charge in [-0.25, -0.2) is 9.18 Å². The molecule has 0 saturated heterocycles. The lowest BCUT2D eigenvalue weighted by atomic mass is 9.97. The molecule has 0 aliphatic heterocycles. The maximum Gasteiger partial charge on any atom is 0.335 e. The molecular formula is C19H20FNO3. The quantitative estimate of drug-likeness (QED) is 0.818. The number of carboxylic acid groups (broad SMARTS) is 1. The van der Waals surface area contributed by atoms with Crippen molar-refractivity contribution in [2.24, 2.45) is 0 Å². The first-order valence-electron chi connectivity index (χ1n) is 7.80. The second-order valence-electron chi connectivity index (χ2n) is 5.76. The largest absolute Gasteiger partial charge is 0.478 e. The Bertz CT molecular complexity index is 713. The zero-order valence-corrected chi connectivity index (χ0v) is 13.5. The van der Waals surface area contributed by atoms with E-state index in [-0.39, 0.29) is 23.2 Å². The first-order chi connectivity index (χ1) is 11.5. The third kappa shape index (κ3) is 5.19. The Hall–Kier alpha value is -2.69. The lowest BCUT2D eigenvalue weighted by Gasteiger charge is -2.12. The Morgan fingerprint density at radius 2 is 1.88 bits per heavy atom. The van der Waals surface area contributed by atoms with Gasteiger partial charge in [-0.3, -0.25) is 4.79 Å². The Labute approximate surface area is 140 Å². The summed E-state index contributed by atoms with van der Waals surface area (Å²) in [5, 5.41) is 11.8. The van der Waals surface area contributed by atoms with Gasteiger partial charge < -0.3 is 10.4 Å². The summed E-state index contributed by atoms with van der Waals surface area (Å²) in [6, 6.07) is 12.8. The summed E-state index contributed by atoms with van der Waals surface area (Å²) in [5.74, 6) is -1.34. The maximum atomic E-state index is 12.9. The van der Waals surface area contributed by atoms with E-state index in [0.29, 0.717) is 19.4 Å². The van der Waals surface area contributed by atoms with Crippen LogP contribution in [0.15, 0.2) is 48.5 Å². The van der Waals surface area contributed by atoms with E-state index in [1.807, 2.05) is 13.0 Å². The highest BCUT2D eigenvalue weighted by Crippen LogP contribution is 2.19. The van der Waals surface area contributed by atoms with Gasteiger partial charge >= 0.3 is 5.97 Å². The van der Waals surface area contributed by atoms with Crippen LogP contribution < -0.4 is 5.32 Å². The van der Waals surface area contributed by atoms with E-state index in [2.05, 4.69) is 5.32 Å². The summed E-state index contributed by atoms with van der Waals surface area (Å²) in [6.45, 7) is 2.36. The first-order valence-corrected chi connectivity index (χ1v) is 7.80. The van der Waals surface area contributed by atoms with Crippen molar-refractivity contribution in [3.8, 4) is 0 Å². The minimum atomic E-state index is -0.964. The Kier molecular flexibility index (Phi) is 6.07. The maximum absolute atomic E-state index is 12.9. The standard InChI is InChI=1S/C19H20FNO3/c1-13(15-5-7-17(20)8-6-15)11-18(22)21-10-9-14-3-2-4-16(12-14)19(23)24/h2-8,12-13H,9-11H2,1H3,(H,21,22)(H,23,24). The van der Waals surface area contributed by atoms with E-state index in [4.69, 9.17) is 5.11 Å². The summed E-state index contributed by atoms with van der Waals surface area (Å²) in [4.78, 5) is 22.9. The molecule has 1 amide bonds. The van der Waals surface area contributed by atoms with E-state index in [1.54, 1.807) is 24.3 Å². The fourth-order valence-electron chi connectivity index (χ4n) is 2.47. The van der Waals surface area contributed by atoms with Crippen molar-refractivity contribution in [2.45, 2.75) is 25.7 Å². The zero-order valence-electron chi connectivity index (χ0n) is 13.5. The summed E-state index contributed by atoms with van der Waals surface area (Å²) in [5.41, 5.74) is 2.02. The van der Waals surface area contributed by atoms with Crippen LogP contribution in [-0.2, 0) is 11.2 Å². The van der Waals surface area contributed by atoms with Crippen molar-refractivity contribution in [3.05, 3.63) is 71.0 Å².